The first-order valence-electron chi connectivity index (χ1n) is 10.8. The summed E-state index contributed by atoms with van der Waals surface area (Å²) in [6.07, 6.45) is 2.66. The molecule has 1 N–H and O–H groups in total. The normalized spacial score (nSPS) is 23.0. The van der Waals surface area contributed by atoms with Crippen molar-refractivity contribution < 1.29 is 14.1 Å². The van der Waals surface area contributed by atoms with E-state index in [0.29, 0.717) is 48.1 Å². The van der Waals surface area contributed by atoms with Crippen molar-refractivity contribution in [2.24, 2.45) is 5.92 Å². The summed E-state index contributed by atoms with van der Waals surface area (Å²) in [6, 6.07) is 16.7. The van der Waals surface area contributed by atoms with Crippen LogP contribution in [0.5, 0.6) is 0 Å². The van der Waals surface area contributed by atoms with Gasteiger partial charge in [-0.3, -0.25) is 9.69 Å². The number of aromatic nitrogens is 2. The van der Waals surface area contributed by atoms with Crippen LogP contribution in [0.4, 0.5) is 4.79 Å². The second-order valence-corrected chi connectivity index (χ2v) is 8.74. The minimum atomic E-state index is -0.324. The van der Waals surface area contributed by atoms with Crippen LogP contribution in [0, 0.1) is 5.92 Å². The SMILES string of the molecule is O=C1NC2CC(c3nc(-c4ccccc4Cl)no3)CCC2C(=O)N1CCc1ccccc1. The van der Waals surface area contributed by atoms with Gasteiger partial charge in [0.05, 0.1) is 10.9 Å². The van der Waals surface area contributed by atoms with Crippen LogP contribution in [-0.4, -0.2) is 39.6 Å². The first-order chi connectivity index (χ1) is 15.6. The number of nitrogens with one attached hydrogen (secondary N) is 1. The summed E-state index contributed by atoms with van der Waals surface area (Å²) >= 11 is 6.24. The summed E-state index contributed by atoms with van der Waals surface area (Å²) in [5.74, 6) is 0.653. The maximum absolute atomic E-state index is 13.1. The van der Waals surface area contributed by atoms with Crippen molar-refractivity contribution in [1.82, 2.24) is 20.4 Å². The van der Waals surface area contributed by atoms with E-state index in [2.05, 4.69) is 15.5 Å². The standard InChI is InChI=1S/C24H23ClN4O3/c25-19-9-5-4-8-17(19)21-27-22(32-28-21)16-10-11-18-20(14-16)26-24(31)29(23(18)30)13-12-15-6-2-1-3-7-15/h1-9,16,18,20H,10-14H2,(H,26,31). The summed E-state index contributed by atoms with van der Waals surface area (Å²) in [7, 11) is 0. The molecule has 1 aliphatic carbocycles. The zero-order chi connectivity index (χ0) is 22.1. The Balaban J connectivity index is 1.25. The number of amides is 3. The minimum Gasteiger partial charge on any atom is -0.339 e. The van der Waals surface area contributed by atoms with E-state index in [1.54, 1.807) is 6.07 Å². The van der Waals surface area contributed by atoms with Gasteiger partial charge < -0.3 is 9.84 Å². The van der Waals surface area contributed by atoms with Crippen LogP contribution in [0.1, 0.15) is 36.6 Å². The molecule has 1 aliphatic heterocycles. The van der Waals surface area contributed by atoms with Crippen molar-refractivity contribution in [1.29, 1.82) is 0 Å². The fraction of sp³-hybridized carbons (Fsp3) is 0.333. The highest BCUT2D eigenvalue weighted by Gasteiger charge is 2.45. The Morgan fingerprint density at radius 2 is 1.84 bits per heavy atom. The van der Waals surface area contributed by atoms with Crippen LogP contribution >= 0.6 is 11.6 Å². The van der Waals surface area contributed by atoms with E-state index >= 15 is 0 Å². The van der Waals surface area contributed by atoms with Gasteiger partial charge in [-0.25, -0.2) is 4.79 Å². The predicted molar refractivity (Wildman–Crippen MR) is 119 cm³/mol. The summed E-state index contributed by atoms with van der Waals surface area (Å²) in [5, 5.41) is 7.69. The lowest BCUT2D eigenvalue weighted by Gasteiger charge is -2.41. The third-order valence-corrected chi connectivity index (χ3v) is 6.69. The molecule has 32 heavy (non-hydrogen) atoms. The van der Waals surface area contributed by atoms with Crippen LogP contribution in [0.3, 0.4) is 0 Å². The molecule has 3 amide bonds. The van der Waals surface area contributed by atoms with Crippen LogP contribution in [0.15, 0.2) is 59.1 Å². The molecular formula is C24H23ClN4O3. The van der Waals surface area contributed by atoms with Gasteiger partial charge >= 0.3 is 6.03 Å². The number of hydrogen-bond donors (Lipinski definition) is 1. The molecule has 0 radical (unpaired) electrons. The topological polar surface area (TPSA) is 88.3 Å². The molecule has 1 saturated heterocycles. The van der Waals surface area contributed by atoms with E-state index < -0.39 is 0 Å². The van der Waals surface area contributed by atoms with Crippen molar-refractivity contribution in [2.75, 3.05) is 6.54 Å². The average molecular weight is 451 g/mol. The van der Waals surface area contributed by atoms with Crippen LogP contribution in [0.25, 0.3) is 11.4 Å². The van der Waals surface area contributed by atoms with Gasteiger partial charge in [0.15, 0.2) is 0 Å². The Kier molecular flexibility index (Phi) is 5.66. The number of imide groups is 1. The van der Waals surface area contributed by atoms with Crippen LogP contribution in [-0.2, 0) is 11.2 Å². The predicted octanol–water partition coefficient (Wildman–Crippen LogP) is 4.44. The zero-order valence-corrected chi connectivity index (χ0v) is 18.2. The summed E-state index contributed by atoms with van der Waals surface area (Å²) in [5.41, 5.74) is 1.82. The summed E-state index contributed by atoms with van der Waals surface area (Å²) in [4.78, 5) is 31.6. The van der Waals surface area contributed by atoms with Crippen LogP contribution < -0.4 is 5.32 Å². The number of halogens is 1. The molecule has 164 valence electrons. The van der Waals surface area contributed by atoms with Crippen LogP contribution in [0.2, 0.25) is 5.02 Å². The third kappa shape index (κ3) is 4.00. The minimum absolute atomic E-state index is 0.0102. The van der Waals surface area contributed by atoms with E-state index in [9.17, 15) is 9.59 Å². The average Bonchev–Trinajstić information content (AvgIpc) is 3.29. The number of hydrogen-bond acceptors (Lipinski definition) is 5. The number of fused-ring (bicyclic) bond motifs is 1. The first kappa shape index (κ1) is 20.7. The molecule has 3 aromatic rings. The van der Waals surface area contributed by atoms with Crippen molar-refractivity contribution >= 4 is 23.5 Å². The maximum Gasteiger partial charge on any atom is 0.324 e. The molecule has 7 nitrogen and oxygen atoms in total. The number of carbonyl (C=O) groups is 2. The lowest BCUT2D eigenvalue weighted by Crippen LogP contribution is -2.61. The van der Waals surface area contributed by atoms with Gasteiger partial charge in [0.2, 0.25) is 17.6 Å². The number of benzene rings is 2. The quantitative estimate of drug-likeness (QED) is 0.620. The summed E-state index contributed by atoms with van der Waals surface area (Å²) in [6.45, 7) is 0.381. The molecule has 2 heterocycles. The molecule has 0 spiro atoms. The fourth-order valence-corrected chi connectivity index (χ4v) is 4.86. The molecule has 2 aromatic carbocycles. The van der Waals surface area contributed by atoms with Gasteiger partial charge in [0.25, 0.3) is 0 Å². The largest absolute Gasteiger partial charge is 0.339 e. The number of rotatable bonds is 5. The zero-order valence-electron chi connectivity index (χ0n) is 17.4. The van der Waals surface area contributed by atoms with Crippen molar-refractivity contribution in [2.45, 2.75) is 37.6 Å². The Morgan fingerprint density at radius 3 is 2.66 bits per heavy atom. The molecule has 2 fully saturated rings. The highest BCUT2D eigenvalue weighted by Crippen LogP contribution is 2.38. The van der Waals surface area contributed by atoms with E-state index in [1.807, 2.05) is 48.5 Å². The van der Waals surface area contributed by atoms with Gasteiger partial charge in [-0.05, 0) is 43.4 Å². The molecule has 5 rings (SSSR count). The maximum atomic E-state index is 13.1. The van der Waals surface area contributed by atoms with Gasteiger partial charge in [0, 0.05) is 24.1 Å². The Morgan fingerprint density at radius 1 is 1.06 bits per heavy atom. The van der Waals surface area contributed by atoms with Gasteiger partial charge in [-0.15, -0.1) is 0 Å². The molecule has 2 aliphatic rings. The smallest absolute Gasteiger partial charge is 0.324 e. The van der Waals surface area contributed by atoms with E-state index in [1.165, 1.54) is 4.90 Å². The molecule has 8 heteroatoms. The lowest BCUT2D eigenvalue weighted by atomic mass is 9.76. The molecular weight excluding hydrogens is 428 g/mol. The van der Waals surface area contributed by atoms with E-state index in [-0.39, 0.29) is 29.8 Å². The second-order valence-electron chi connectivity index (χ2n) is 8.33. The Hall–Kier alpha value is -3.19. The van der Waals surface area contributed by atoms with E-state index in [4.69, 9.17) is 16.1 Å². The molecule has 1 saturated carbocycles. The number of urea groups is 1. The molecule has 3 atom stereocenters. The fourth-order valence-electron chi connectivity index (χ4n) is 4.64. The van der Waals surface area contributed by atoms with Crippen molar-refractivity contribution in [3.8, 4) is 11.4 Å². The first-order valence-corrected chi connectivity index (χ1v) is 11.2. The molecule has 3 unspecified atom stereocenters. The Labute approximate surface area is 190 Å². The van der Waals surface area contributed by atoms with E-state index in [0.717, 1.165) is 12.0 Å². The second kappa shape index (κ2) is 8.74. The highest BCUT2D eigenvalue weighted by atomic mass is 35.5. The number of carbonyl (C=O) groups excluding carboxylic acids is 2. The molecule has 0 bridgehead atoms. The van der Waals surface area contributed by atoms with Gasteiger partial charge in [0.1, 0.15) is 0 Å². The number of nitrogens with zero attached hydrogens (tertiary/aromatic N) is 3. The lowest BCUT2D eigenvalue weighted by molar-refractivity contribution is -0.136. The summed E-state index contributed by atoms with van der Waals surface area (Å²) < 4.78 is 5.53. The third-order valence-electron chi connectivity index (χ3n) is 6.36. The van der Waals surface area contributed by atoms with Gasteiger partial charge in [-0.1, -0.05) is 59.2 Å². The highest BCUT2D eigenvalue weighted by molar-refractivity contribution is 6.33. The van der Waals surface area contributed by atoms with Gasteiger partial charge in [-0.2, -0.15) is 4.98 Å². The Bertz CT molecular complexity index is 1130. The monoisotopic (exact) mass is 450 g/mol. The molecule has 1 aromatic heterocycles. The van der Waals surface area contributed by atoms with Crippen molar-refractivity contribution in [3.63, 3.8) is 0 Å². The van der Waals surface area contributed by atoms with Crippen molar-refractivity contribution in [3.05, 3.63) is 71.1 Å².